The smallest absolute Gasteiger partial charge is 0.252 e. The van der Waals surface area contributed by atoms with E-state index in [-0.39, 0.29) is 35.1 Å². The molecule has 0 spiro atoms. The van der Waals surface area contributed by atoms with Gasteiger partial charge in [-0.3, -0.25) is 4.79 Å². The molecule has 2 heterocycles. The van der Waals surface area contributed by atoms with Crippen LogP contribution in [0.5, 0.6) is 11.5 Å². The number of sulfone groups is 1. The summed E-state index contributed by atoms with van der Waals surface area (Å²) in [5.74, 6) is 0.815. The van der Waals surface area contributed by atoms with Crippen LogP contribution in [0, 0.1) is 0 Å². The Morgan fingerprint density at radius 3 is 2.68 bits per heavy atom. The predicted molar refractivity (Wildman–Crippen MR) is 123 cm³/mol. The van der Waals surface area contributed by atoms with Crippen LogP contribution in [-0.2, 0) is 21.1 Å². The van der Waals surface area contributed by atoms with E-state index >= 15 is 0 Å². The van der Waals surface area contributed by atoms with Gasteiger partial charge in [0.15, 0.2) is 15.0 Å². The quantitative estimate of drug-likeness (QED) is 0.649. The molecule has 2 atom stereocenters. The highest BCUT2D eigenvalue weighted by atomic mass is 35.5. The van der Waals surface area contributed by atoms with Crippen LogP contribution in [0.2, 0.25) is 5.02 Å². The Morgan fingerprint density at radius 2 is 1.97 bits per heavy atom. The van der Waals surface area contributed by atoms with Gasteiger partial charge >= 0.3 is 0 Å². The third-order valence-electron chi connectivity index (χ3n) is 5.23. The predicted octanol–water partition coefficient (Wildman–Crippen LogP) is 3.20. The average molecular weight is 481 g/mol. The van der Waals surface area contributed by atoms with Crippen molar-refractivity contribution >= 4 is 50.0 Å². The van der Waals surface area contributed by atoms with Crippen molar-refractivity contribution in [2.75, 3.05) is 30.6 Å². The normalized spacial score (nSPS) is 23.1. The van der Waals surface area contributed by atoms with Crippen molar-refractivity contribution in [1.29, 1.82) is 0 Å². The molecule has 1 amide bonds. The number of hydrogen-bond donors (Lipinski definition) is 0. The first-order chi connectivity index (χ1) is 14.8. The molecule has 0 aromatic heterocycles. The largest absolute Gasteiger partial charge is 0.497 e. The second-order valence-electron chi connectivity index (χ2n) is 7.26. The molecule has 2 fully saturated rings. The zero-order valence-electron chi connectivity index (χ0n) is 16.9. The Balaban J connectivity index is 1.71. The zero-order valence-corrected chi connectivity index (χ0v) is 19.3. The third-order valence-corrected chi connectivity index (χ3v) is 8.81. The van der Waals surface area contributed by atoms with E-state index < -0.39 is 9.84 Å². The number of amides is 1. The van der Waals surface area contributed by atoms with Crippen molar-refractivity contribution < 1.29 is 22.7 Å². The number of ether oxygens (including phenoxy) is 2. The number of carbonyl (C=O) groups excluding carboxylic acids is 1. The highest BCUT2D eigenvalue weighted by Gasteiger charge is 2.50. The summed E-state index contributed by atoms with van der Waals surface area (Å²) in [6, 6.07) is 12.1. The molecule has 4 rings (SSSR count). The van der Waals surface area contributed by atoms with Crippen molar-refractivity contribution in [3.63, 3.8) is 0 Å². The first kappa shape index (κ1) is 22.0. The second kappa shape index (κ2) is 8.72. The maximum Gasteiger partial charge on any atom is 0.252 e. The number of fused-ring (bicyclic) bond motifs is 1. The minimum atomic E-state index is -3.17. The van der Waals surface area contributed by atoms with Crippen LogP contribution in [0.3, 0.4) is 0 Å². The highest BCUT2D eigenvalue weighted by molar-refractivity contribution is 8.16. The zero-order chi connectivity index (χ0) is 22.2. The molecule has 0 aliphatic carbocycles. The fourth-order valence-corrected chi connectivity index (χ4v) is 7.91. The Hall–Kier alpha value is -2.23. The number of rotatable bonds is 5. The third kappa shape index (κ3) is 4.53. The molecule has 2 aliphatic rings. The molecule has 2 aromatic carbocycles. The molecule has 0 unspecified atom stereocenters. The van der Waals surface area contributed by atoms with E-state index in [0.717, 1.165) is 0 Å². The minimum Gasteiger partial charge on any atom is -0.497 e. The number of thioether (sulfide) groups is 1. The van der Waals surface area contributed by atoms with Crippen LogP contribution in [0.15, 0.2) is 47.5 Å². The lowest BCUT2D eigenvalue weighted by Gasteiger charge is -2.26. The van der Waals surface area contributed by atoms with Crippen LogP contribution in [-0.4, -0.2) is 56.5 Å². The molecule has 0 N–H and O–H groups in total. The van der Waals surface area contributed by atoms with Crippen molar-refractivity contribution in [2.24, 2.45) is 4.99 Å². The summed E-state index contributed by atoms with van der Waals surface area (Å²) < 4.78 is 35.3. The lowest BCUT2D eigenvalue weighted by atomic mass is 10.1. The van der Waals surface area contributed by atoms with Gasteiger partial charge in [-0.05, 0) is 23.8 Å². The SMILES string of the molecule is COc1ccc(N2C(=NC(=O)Cc3ccccc3Cl)S[C@@H]3CS(=O)(=O)C[C@H]32)c(OC)c1. The number of hydrogen-bond acceptors (Lipinski definition) is 6. The Morgan fingerprint density at radius 1 is 1.19 bits per heavy atom. The number of nitrogens with zero attached hydrogens (tertiary/aromatic N) is 2. The lowest BCUT2D eigenvalue weighted by Crippen LogP contribution is -2.38. The van der Waals surface area contributed by atoms with Gasteiger partial charge in [0.2, 0.25) is 0 Å². The Labute approximate surface area is 190 Å². The lowest BCUT2D eigenvalue weighted by molar-refractivity contribution is -0.117. The number of carbonyl (C=O) groups is 1. The molecular formula is C21H21ClN2O5S2. The van der Waals surface area contributed by atoms with Crippen LogP contribution < -0.4 is 14.4 Å². The fraction of sp³-hybridized carbons (Fsp3) is 0.333. The standard InChI is InChI=1S/C21H21ClN2O5S2/c1-28-14-7-8-16(18(10-14)29-2)24-17-11-31(26,27)12-19(17)30-21(24)23-20(25)9-13-5-3-4-6-15(13)22/h3-8,10,17,19H,9,11-12H2,1-2H3/t17-,19-/m1/s1. The van der Waals surface area contributed by atoms with Gasteiger partial charge in [0.1, 0.15) is 11.5 Å². The highest BCUT2D eigenvalue weighted by Crippen LogP contribution is 2.44. The summed E-state index contributed by atoms with van der Waals surface area (Å²) in [5.41, 5.74) is 1.34. The second-order valence-corrected chi connectivity index (χ2v) is 11.0. The first-order valence-electron chi connectivity index (χ1n) is 9.54. The monoisotopic (exact) mass is 480 g/mol. The van der Waals surface area contributed by atoms with E-state index in [1.165, 1.54) is 18.9 Å². The van der Waals surface area contributed by atoms with E-state index in [1.54, 1.807) is 43.5 Å². The number of benzene rings is 2. The van der Waals surface area contributed by atoms with Gasteiger partial charge in [-0.1, -0.05) is 41.6 Å². The molecule has 7 nitrogen and oxygen atoms in total. The summed E-state index contributed by atoms with van der Waals surface area (Å²) in [5, 5.41) is 0.765. The number of methoxy groups -OCH3 is 2. The van der Waals surface area contributed by atoms with Crippen LogP contribution in [0.1, 0.15) is 5.56 Å². The molecule has 0 radical (unpaired) electrons. The summed E-state index contributed by atoms with van der Waals surface area (Å²) in [6.07, 6.45) is 0.0605. The number of amidine groups is 1. The fourth-order valence-electron chi connectivity index (χ4n) is 3.78. The molecular weight excluding hydrogens is 460 g/mol. The van der Waals surface area contributed by atoms with Crippen molar-refractivity contribution in [3.05, 3.63) is 53.1 Å². The molecule has 2 saturated heterocycles. The van der Waals surface area contributed by atoms with Gasteiger partial charge in [0.05, 0.1) is 43.9 Å². The van der Waals surface area contributed by atoms with Gasteiger partial charge in [0, 0.05) is 16.3 Å². The molecule has 10 heteroatoms. The average Bonchev–Trinajstić information content (AvgIpc) is 3.19. The van der Waals surface area contributed by atoms with Crippen molar-refractivity contribution in [1.82, 2.24) is 0 Å². The van der Waals surface area contributed by atoms with E-state index in [1.807, 2.05) is 11.0 Å². The molecule has 164 valence electrons. The Kier molecular flexibility index (Phi) is 6.18. The van der Waals surface area contributed by atoms with E-state index in [9.17, 15) is 13.2 Å². The van der Waals surface area contributed by atoms with E-state index in [0.29, 0.717) is 32.9 Å². The van der Waals surface area contributed by atoms with Gasteiger partial charge in [0.25, 0.3) is 5.91 Å². The Bertz CT molecular complexity index is 1150. The van der Waals surface area contributed by atoms with E-state index in [4.69, 9.17) is 21.1 Å². The van der Waals surface area contributed by atoms with Gasteiger partial charge < -0.3 is 14.4 Å². The van der Waals surface area contributed by atoms with Gasteiger partial charge in [-0.25, -0.2) is 8.42 Å². The van der Waals surface area contributed by atoms with Gasteiger partial charge in [-0.2, -0.15) is 4.99 Å². The van der Waals surface area contributed by atoms with Crippen LogP contribution in [0.4, 0.5) is 5.69 Å². The van der Waals surface area contributed by atoms with Crippen LogP contribution in [0.25, 0.3) is 0 Å². The van der Waals surface area contributed by atoms with Crippen molar-refractivity contribution in [2.45, 2.75) is 17.7 Å². The molecule has 0 saturated carbocycles. The summed E-state index contributed by atoms with van der Waals surface area (Å²) in [6.45, 7) is 0. The van der Waals surface area contributed by atoms with Crippen molar-refractivity contribution in [3.8, 4) is 11.5 Å². The maximum absolute atomic E-state index is 12.7. The molecule has 2 aliphatic heterocycles. The molecule has 31 heavy (non-hydrogen) atoms. The molecule has 0 bridgehead atoms. The minimum absolute atomic E-state index is 0.00241. The molecule has 2 aromatic rings. The number of aliphatic imine (C=N–C) groups is 1. The maximum atomic E-state index is 12.7. The first-order valence-corrected chi connectivity index (χ1v) is 12.6. The van der Waals surface area contributed by atoms with Crippen LogP contribution >= 0.6 is 23.4 Å². The topological polar surface area (TPSA) is 85.3 Å². The number of anilines is 1. The summed E-state index contributed by atoms with van der Waals surface area (Å²) >= 11 is 7.49. The summed E-state index contributed by atoms with van der Waals surface area (Å²) in [4.78, 5) is 18.9. The van der Waals surface area contributed by atoms with Gasteiger partial charge in [-0.15, -0.1) is 0 Å². The number of halogens is 1. The summed E-state index contributed by atoms with van der Waals surface area (Å²) in [7, 11) is -0.0832. The van der Waals surface area contributed by atoms with E-state index in [2.05, 4.69) is 4.99 Å².